The van der Waals surface area contributed by atoms with Crippen molar-refractivity contribution in [1.29, 1.82) is 0 Å². The minimum Gasteiger partial charge on any atom is -0.477 e. The standard InChI is InChI=1S/C31H59NO7/c1-6-8-10-11-12-13-14-15-16-17-18-20-22-30(34)39-27(26-38-29(33)21-19-9-7-2)25-37-24-23-28(31(35)36)32(3,4)5/h27-28H,6-26H2,1-5H3/p+1. The fourth-order valence-corrected chi connectivity index (χ4v) is 4.50. The molecule has 230 valence electrons. The Morgan fingerprint density at radius 2 is 1.13 bits per heavy atom. The molecular formula is C31H60NO7+. The molecule has 1 N–H and O–H groups in total. The summed E-state index contributed by atoms with van der Waals surface area (Å²) in [7, 11) is 5.49. The highest BCUT2D eigenvalue weighted by atomic mass is 16.6. The van der Waals surface area contributed by atoms with E-state index in [0.29, 0.717) is 19.3 Å². The Hall–Kier alpha value is -1.67. The molecule has 0 saturated heterocycles. The summed E-state index contributed by atoms with van der Waals surface area (Å²) in [6.07, 6.45) is 17.8. The second-order valence-corrected chi connectivity index (χ2v) is 11.7. The van der Waals surface area contributed by atoms with Gasteiger partial charge in [-0.05, 0) is 12.8 Å². The van der Waals surface area contributed by atoms with Crippen molar-refractivity contribution in [3.05, 3.63) is 0 Å². The highest BCUT2D eigenvalue weighted by Crippen LogP contribution is 2.13. The maximum atomic E-state index is 12.5. The molecule has 0 bridgehead atoms. The van der Waals surface area contributed by atoms with Gasteiger partial charge in [-0.2, -0.15) is 0 Å². The van der Waals surface area contributed by atoms with Crippen molar-refractivity contribution in [1.82, 2.24) is 0 Å². The van der Waals surface area contributed by atoms with E-state index in [4.69, 9.17) is 14.2 Å². The van der Waals surface area contributed by atoms with Crippen molar-refractivity contribution in [3.63, 3.8) is 0 Å². The first-order chi connectivity index (χ1) is 18.6. The molecule has 0 heterocycles. The molecule has 0 aromatic rings. The second-order valence-electron chi connectivity index (χ2n) is 11.7. The Kier molecular flexibility index (Phi) is 23.1. The number of nitrogens with zero attached hydrogens (tertiary/aromatic N) is 1. The highest BCUT2D eigenvalue weighted by molar-refractivity contribution is 5.72. The van der Waals surface area contributed by atoms with E-state index in [1.165, 1.54) is 57.8 Å². The van der Waals surface area contributed by atoms with Gasteiger partial charge < -0.3 is 23.8 Å². The van der Waals surface area contributed by atoms with Gasteiger partial charge in [0, 0.05) is 19.3 Å². The van der Waals surface area contributed by atoms with Gasteiger partial charge in [0.15, 0.2) is 12.1 Å². The number of esters is 2. The van der Waals surface area contributed by atoms with Crippen LogP contribution in [0.2, 0.25) is 0 Å². The molecule has 0 rings (SSSR count). The van der Waals surface area contributed by atoms with Crippen LogP contribution < -0.4 is 0 Å². The monoisotopic (exact) mass is 558 g/mol. The maximum absolute atomic E-state index is 12.5. The first-order valence-corrected chi connectivity index (χ1v) is 15.6. The van der Waals surface area contributed by atoms with E-state index in [0.717, 1.165) is 38.5 Å². The molecule has 0 saturated carbocycles. The zero-order valence-corrected chi connectivity index (χ0v) is 25.8. The van der Waals surface area contributed by atoms with E-state index < -0.39 is 18.1 Å². The van der Waals surface area contributed by atoms with Crippen molar-refractivity contribution >= 4 is 17.9 Å². The summed E-state index contributed by atoms with van der Waals surface area (Å²) in [5.74, 6) is -1.49. The van der Waals surface area contributed by atoms with Crippen LogP contribution in [-0.2, 0) is 28.6 Å². The van der Waals surface area contributed by atoms with Gasteiger partial charge >= 0.3 is 17.9 Å². The molecule has 0 aliphatic heterocycles. The van der Waals surface area contributed by atoms with Crippen molar-refractivity contribution in [2.24, 2.45) is 0 Å². The molecule has 0 fully saturated rings. The molecule has 0 aliphatic rings. The summed E-state index contributed by atoms with van der Waals surface area (Å²) in [6, 6.07) is -0.604. The molecule has 0 aromatic heterocycles. The molecule has 0 spiro atoms. The summed E-state index contributed by atoms with van der Waals surface area (Å²) < 4.78 is 16.9. The van der Waals surface area contributed by atoms with Crippen LogP contribution in [0.15, 0.2) is 0 Å². The summed E-state index contributed by atoms with van der Waals surface area (Å²) in [5, 5.41) is 9.48. The molecule has 2 atom stereocenters. The van der Waals surface area contributed by atoms with Crippen molar-refractivity contribution in [2.75, 3.05) is 41.0 Å². The van der Waals surface area contributed by atoms with Crippen LogP contribution in [0.4, 0.5) is 0 Å². The smallest absolute Gasteiger partial charge is 0.362 e. The zero-order chi connectivity index (χ0) is 29.4. The van der Waals surface area contributed by atoms with Gasteiger partial charge in [0.1, 0.15) is 6.61 Å². The number of carboxylic acids is 1. The van der Waals surface area contributed by atoms with Crippen LogP contribution in [0, 0.1) is 0 Å². The van der Waals surface area contributed by atoms with Crippen LogP contribution in [0.3, 0.4) is 0 Å². The maximum Gasteiger partial charge on any atom is 0.362 e. The van der Waals surface area contributed by atoms with Gasteiger partial charge in [0.25, 0.3) is 0 Å². The number of hydrogen-bond donors (Lipinski definition) is 1. The highest BCUT2D eigenvalue weighted by Gasteiger charge is 2.31. The van der Waals surface area contributed by atoms with Crippen molar-refractivity contribution in [2.45, 2.75) is 142 Å². The number of aliphatic carboxylic acids is 1. The summed E-state index contributed by atoms with van der Waals surface area (Å²) in [6.45, 7) is 4.54. The molecule has 0 radical (unpaired) electrons. The van der Waals surface area contributed by atoms with E-state index in [9.17, 15) is 19.5 Å². The Morgan fingerprint density at radius 1 is 0.667 bits per heavy atom. The average molecular weight is 559 g/mol. The lowest BCUT2D eigenvalue weighted by atomic mass is 10.0. The predicted octanol–water partition coefficient (Wildman–Crippen LogP) is 6.68. The lowest BCUT2D eigenvalue weighted by Crippen LogP contribution is -2.50. The normalized spacial score (nSPS) is 13.2. The van der Waals surface area contributed by atoms with Gasteiger partial charge in [-0.1, -0.05) is 97.3 Å². The molecule has 2 unspecified atom stereocenters. The first-order valence-electron chi connectivity index (χ1n) is 15.6. The Labute approximate surface area is 238 Å². The van der Waals surface area contributed by atoms with Crippen LogP contribution in [0.5, 0.6) is 0 Å². The quantitative estimate of drug-likeness (QED) is 0.0682. The fourth-order valence-electron chi connectivity index (χ4n) is 4.50. The largest absolute Gasteiger partial charge is 0.477 e. The van der Waals surface area contributed by atoms with Crippen LogP contribution in [0.1, 0.15) is 129 Å². The summed E-state index contributed by atoms with van der Waals surface area (Å²) >= 11 is 0. The number of carboxylic acid groups (broad SMARTS) is 1. The first kappa shape index (κ1) is 37.3. The van der Waals surface area contributed by atoms with Crippen molar-refractivity contribution < 1.29 is 38.2 Å². The molecule has 0 aliphatic carbocycles. The van der Waals surface area contributed by atoms with E-state index in [1.54, 1.807) is 0 Å². The van der Waals surface area contributed by atoms with E-state index >= 15 is 0 Å². The predicted molar refractivity (Wildman–Crippen MR) is 156 cm³/mol. The lowest BCUT2D eigenvalue weighted by Gasteiger charge is -2.31. The molecule has 39 heavy (non-hydrogen) atoms. The third-order valence-corrected chi connectivity index (χ3v) is 7.01. The van der Waals surface area contributed by atoms with Gasteiger partial charge in [0.05, 0.1) is 34.4 Å². The number of unbranched alkanes of at least 4 members (excludes halogenated alkanes) is 13. The van der Waals surface area contributed by atoms with Gasteiger partial charge in [-0.15, -0.1) is 0 Å². The fraction of sp³-hybridized carbons (Fsp3) is 0.903. The number of ether oxygens (including phenoxy) is 3. The molecule has 8 nitrogen and oxygen atoms in total. The minimum absolute atomic E-state index is 0.0488. The van der Waals surface area contributed by atoms with E-state index in [-0.39, 0.29) is 36.2 Å². The van der Waals surface area contributed by atoms with Crippen LogP contribution >= 0.6 is 0 Å². The van der Waals surface area contributed by atoms with Gasteiger partial charge in [-0.25, -0.2) is 4.79 Å². The number of carbonyl (C=O) groups excluding carboxylic acids is 2. The zero-order valence-electron chi connectivity index (χ0n) is 25.8. The Bertz CT molecular complexity index is 633. The Morgan fingerprint density at radius 3 is 1.64 bits per heavy atom. The minimum atomic E-state index is -0.877. The molecule has 0 aromatic carbocycles. The molecule has 8 heteroatoms. The topological polar surface area (TPSA) is 99.1 Å². The third kappa shape index (κ3) is 22.8. The van der Waals surface area contributed by atoms with E-state index in [1.807, 2.05) is 21.1 Å². The summed E-state index contributed by atoms with van der Waals surface area (Å²) in [4.78, 5) is 36.1. The molecular weight excluding hydrogens is 498 g/mol. The number of likely N-dealkylation sites (N-methyl/N-ethyl adjacent to an activating group) is 1. The lowest BCUT2D eigenvalue weighted by molar-refractivity contribution is -0.887. The van der Waals surface area contributed by atoms with Crippen LogP contribution in [-0.4, -0.2) is 80.6 Å². The average Bonchev–Trinajstić information content (AvgIpc) is 2.86. The van der Waals surface area contributed by atoms with E-state index in [2.05, 4.69) is 13.8 Å². The number of hydrogen-bond acceptors (Lipinski definition) is 6. The number of carbonyl (C=O) groups is 3. The van der Waals surface area contributed by atoms with Gasteiger partial charge in [0.2, 0.25) is 0 Å². The number of quaternary nitrogens is 1. The van der Waals surface area contributed by atoms with Gasteiger partial charge in [-0.3, -0.25) is 9.59 Å². The Balaban J connectivity index is 4.35. The van der Waals surface area contributed by atoms with Crippen molar-refractivity contribution in [3.8, 4) is 0 Å². The number of rotatable bonds is 27. The van der Waals surface area contributed by atoms with Crippen LogP contribution in [0.25, 0.3) is 0 Å². The third-order valence-electron chi connectivity index (χ3n) is 7.01. The SMILES string of the molecule is CCCCCCCCCCCCCCC(=O)OC(COCCC(C(=O)O)[N+](C)(C)C)COC(=O)CCCCC. The summed E-state index contributed by atoms with van der Waals surface area (Å²) in [5.41, 5.74) is 0. The molecule has 0 amide bonds. The second kappa shape index (κ2) is 24.2.